The zero-order chi connectivity index (χ0) is 13.4. The third-order valence-corrected chi connectivity index (χ3v) is 2.62. The number of hydrogen-bond acceptors (Lipinski definition) is 2. The van der Waals surface area contributed by atoms with Crippen LogP contribution in [0.2, 0.25) is 0 Å². The molecule has 0 unspecified atom stereocenters. The van der Waals surface area contributed by atoms with Crippen LogP contribution in [0.5, 0.6) is 5.75 Å². The molecule has 0 aromatic heterocycles. The Balaban J connectivity index is 0.00000324. The van der Waals surface area contributed by atoms with Gasteiger partial charge in [0, 0.05) is 6.54 Å². The summed E-state index contributed by atoms with van der Waals surface area (Å²) in [6.45, 7) is 5.83. The average Bonchev–Trinajstić information content (AvgIpc) is 2.36. The molecule has 0 atom stereocenters. The van der Waals surface area contributed by atoms with Gasteiger partial charge in [-0.25, -0.2) is 4.99 Å². The highest BCUT2D eigenvalue weighted by Crippen LogP contribution is 2.11. The van der Waals surface area contributed by atoms with Gasteiger partial charge >= 0.3 is 0 Å². The van der Waals surface area contributed by atoms with E-state index in [0.29, 0.717) is 18.4 Å². The summed E-state index contributed by atoms with van der Waals surface area (Å²) in [5.74, 6) is 2.03. The van der Waals surface area contributed by atoms with Crippen molar-refractivity contribution >= 4 is 29.9 Å². The van der Waals surface area contributed by atoms with Crippen molar-refractivity contribution in [3.63, 3.8) is 0 Å². The molecule has 108 valence electrons. The molecule has 3 N–H and O–H groups in total. The Morgan fingerprint density at radius 3 is 2.47 bits per heavy atom. The first-order valence-corrected chi connectivity index (χ1v) is 6.28. The van der Waals surface area contributed by atoms with Gasteiger partial charge in [-0.1, -0.05) is 26.0 Å². The molecular weight excluding hydrogens is 353 g/mol. The quantitative estimate of drug-likeness (QED) is 0.455. The number of nitrogens with two attached hydrogens (primary N) is 1. The highest BCUT2D eigenvalue weighted by atomic mass is 127. The van der Waals surface area contributed by atoms with Crippen LogP contribution in [0.25, 0.3) is 0 Å². The molecule has 0 aliphatic rings. The molecule has 0 saturated heterocycles. The Kier molecular flexibility index (Phi) is 9.38. The Hall–Kier alpha value is -0.980. The maximum Gasteiger partial charge on any atom is 0.188 e. The molecule has 0 amide bonds. The molecule has 0 bridgehead atoms. The normalized spacial score (nSPS) is 11.1. The molecule has 1 aromatic carbocycles. The van der Waals surface area contributed by atoms with Crippen molar-refractivity contribution < 1.29 is 4.74 Å². The predicted octanol–water partition coefficient (Wildman–Crippen LogP) is 2.76. The van der Waals surface area contributed by atoms with Gasteiger partial charge in [0.1, 0.15) is 5.75 Å². The predicted molar refractivity (Wildman–Crippen MR) is 91.2 cm³/mol. The smallest absolute Gasteiger partial charge is 0.188 e. The van der Waals surface area contributed by atoms with Crippen molar-refractivity contribution in [3.05, 3.63) is 29.8 Å². The van der Waals surface area contributed by atoms with Crippen LogP contribution >= 0.6 is 24.0 Å². The molecule has 4 nitrogen and oxygen atoms in total. The van der Waals surface area contributed by atoms with Crippen LogP contribution in [-0.2, 0) is 6.54 Å². The zero-order valence-electron chi connectivity index (χ0n) is 11.8. The lowest BCUT2D eigenvalue weighted by atomic mass is 10.1. The number of benzene rings is 1. The molecular formula is C14H24IN3O. The standard InChI is InChI=1S/C14H23N3O.HI/c1-11(2)8-9-16-14(15)17-10-12-4-6-13(18-3)7-5-12;/h4-7,11H,8-10H2,1-3H3,(H3,15,16,17);1H. The Labute approximate surface area is 132 Å². The average molecular weight is 377 g/mol. The lowest BCUT2D eigenvalue weighted by Crippen LogP contribution is -2.32. The molecule has 1 aromatic rings. The van der Waals surface area contributed by atoms with E-state index in [0.717, 1.165) is 24.3 Å². The molecule has 5 heteroatoms. The second-order valence-electron chi connectivity index (χ2n) is 4.66. The van der Waals surface area contributed by atoms with Crippen LogP contribution in [0.4, 0.5) is 0 Å². The summed E-state index contributed by atoms with van der Waals surface area (Å²) in [5.41, 5.74) is 6.89. The SMILES string of the molecule is COc1ccc(CN=C(N)NCCC(C)C)cc1.I. The summed E-state index contributed by atoms with van der Waals surface area (Å²) in [6.07, 6.45) is 1.10. The minimum absolute atomic E-state index is 0. The van der Waals surface area contributed by atoms with E-state index >= 15 is 0 Å². The highest BCUT2D eigenvalue weighted by Gasteiger charge is 1.96. The molecule has 0 spiro atoms. The van der Waals surface area contributed by atoms with E-state index in [1.54, 1.807) is 7.11 Å². The number of ether oxygens (including phenoxy) is 1. The Bertz CT molecular complexity index is 377. The minimum Gasteiger partial charge on any atom is -0.497 e. The van der Waals surface area contributed by atoms with Crippen molar-refractivity contribution in [3.8, 4) is 5.75 Å². The first-order chi connectivity index (χ1) is 8.61. The third kappa shape index (κ3) is 7.92. The van der Waals surface area contributed by atoms with E-state index in [1.165, 1.54) is 0 Å². The fourth-order valence-electron chi connectivity index (χ4n) is 1.45. The molecule has 1 rings (SSSR count). The topological polar surface area (TPSA) is 59.6 Å². The van der Waals surface area contributed by atoms with Gasteiger partial charge in [-0.2, -0.15) is 0 Å². The van der Waals surface area contributed by atoms with Crippen molar-refractivity contribution in [2.24, 2.45) is 16.6 Å². The second kappa shape index (κ2) is 9.89. The summed E-state index contributed by atoms with van der Waals surface area (Å²) in [4.78, 5) is 4.29. The monoisotopic (exact) mass is 377 g/mol. The third-order valence-electron chi connectivity index (χ3n) is 2.62. The Morgan fingerprint density at radius 2 is 1.95 bits per heavy atom. The second-order valence-corrected chi connectivity index (χ2v) is 4.66. The summed E-state index contributed by atoms with van der Waals surface area (Å²) < 4.78 is 5.10. The molecule has 0 aliphatic carbocycles. The number of methoxy groups -OCH3 is 1. The van der Waals surface area contributed by atoms with Crippen molar-refractivity contribution in [2.45, 2.75) is 26.8 Å². The summed E-state index contributed by atoms with van der Waals surface area (Å²) >= 11 is 0. The lowest BCUT2D eigenvalue weighted by Gasteiger charge is -2.07. The number of aliphatic imine (C=N–C) groups is 1. The van der Waals surface area contributed by atoms with Gasteiger partial charge < -0.3 is 15.8 Å². The van der Waals surface area contributed by atoms with Crippen LogP contribution in [0.3, 0.4) is 0 Å². The maximum atomic E-state index is 5.78. The number of hydrogen-bond donors (Lipinski definition) is 2. The van der Waals surface area contributed by atoms with E-state index in [4.69, 9.17) is 10.5 Å². The molecule has 0 saturated carbocycles. The van der Waals surface area contributed by atoms with Crippen LogP contribution < -0.4 is 15.8 Å². The summed E-state index contributed by atoms with van der Waals surface area (Å²) in [7, 11) is 1.66. The van der Waals surface area contributed by atoms with Gasteiger partial charge in [0.15, 0.2) is 5.96 Å². The number of nitrogens with one attached hydrogen (secondary N) is 1. The Morgan fingerprint density at radius 1 is 1.32 bits per heavy atom. The van der Waals surface area contributed by atoms with E-state index in [-0.39, 0.29) is 24.0 Å². The van der Waals surface area contributed by atoms with Crippen molar-refractivity contribution in [2.75, 3.05) is 13.7 Å². The van der Waals surface area contributed by atoms with E-state index < -0.39 is 0 Å². The van der Waals surface area contributed by atoms with Gasteiger partial charge in [-0.3, -0.25) is 0 Å². The van der Waals surface area contributed by atoms with Gasteiger partial charge in [-0.15, -0.1) is 24.0 Å². The minimum atomic E-state index is 0. The number of halogens is 1. The fourth-order valence-corrected chi connectivity index (χ4v) is 1.45. The van der Waals surface area contributed by atoms with Gasteiger partial charge in [0.2, 0.25) is 0 Å². The number of guanidine groups is 1. The van der Waals surface area contributed by atoms with E-state index in [9.17, 15) is 0 Å². The van der Waals surface area contributed by atoms with Crippen LogP contribution in [0.1, 0.15) is 25.8 Å². The van der Waals surface area contributed by atoms with Gasteiger partial charge in [0.05, 0.1) is 13.7 Å². The maximum absolute atomic E-state index is 5.78. The molecule has 0 fully saturated rings. The van der Waals surface area contributed by atoms with Crippen molar-refractivity contribution in [1.29, 1.82) is 0 Å². The first-order valence-electron chi connectivity index (χ1n) is 6.28. The van der Waals surface area contributed by atoms with Crippen LogP contribution in [0.15, 0.2) is 29.3 Å². The largest absolute Gasteiger partial charge is 0.497 e. The summed E-state index contributed by atoms with van der Waals surface area (Å²) in [6, 6.07) is 7.83. The molecule has 0 aliphatic heterocycles. The van der Waals surface area contributed by atoms with E-state index in [2.05, 4.69) is 24.2 Å². The van der Waals surface area contributed by atoms with Crippen LogP contribution in [0, 0.1) is 5.92 Å². The van der Waals surface area contributed by atoms with Gasteiger partial charge in [0.25, 0.3) is 0 Å². The highest BCUT2D eigenvalue weighted by molar-refractivity contribution is 14.0. The van der Waals surface area contributed by atoms with Crippen molar-refractivity contribution in [1.82, 2.24) is 5.32 Å². The van der Waals surface area contributed by atoms with Gasteiger partial charge in [-0.05, 0) is 30.0 Å². The molecule has 0 heterocycles. The zero-order valence-corrected chi connectivity index (χ0v) is 14.2. The lowest BCUT2D eigenvalue weighted by molar-refractivity contribution is 0.414. The van der Waals surface area contributed by atoms with E-state index in [1.807, 2.05) is 24.3 Å². The first kappa shape index (κ1) is 18.0. The fraction of sp³-hybridized carbons (Fsp3) is 0.500. The molecule has 0 radical (unpaired) electrons. The number of nitrogens with zero attached hydrogens (tertiary/aromatic N) is 1. The summed E-state index contributed by atoms with van der Waals surface area (Å²) in [5, 5.41) is 3.11. The number of rotatable bonds is 6. The van der Waals surface area contributed by atoms with Crippen LogP contribution in [-0.4, -0.2) is 19.6 Å². The molecule has 19 heavy (non-hydrogen) atoms.